The first-order chi connectivity index (χ1) is 5.20. The molecule has 1 aromatic heterocycles. The Kier molecular flexibility index (Phi) is 1.22. The number of anilines is 1. The van der Waals surface area contributed by atoms with E-state index in [0.29, 0.717) is 11.7 Å². The van der Waals surface area contributed by atoms with Crippen LogP contribution in [0.5, 0.6) is 0 Å². The average Bonchev–Trinajstić information content (AvgIpc) is 2.58. The van der Waals surface area contributed by atoms with E-state index in [9.17, 15) is 0 Å². The van der Waals surface area contributed by atoms with Crippen molar-refractivity contribution in [1.29, 1.82) is 0 Å². The van der Waals surface area contributed by atoms with E-state index < -0.39 is 0 Å². The van der Waals surface area contributed by atoms with E-state index in [4.69, 9.17) is 5.73 Å². The van der Waals surface area contributed by atoms with E-state index in [0.717, 1.165) is 11.5 Å². The third-order valence-electron chi connectivity index (χ3n) is 2.57. The summed E-state index contributed by atoms with van der Waals surface area (Å²) in [6, 6.07) is 0. The second-order valence-corrected chi connectivity index (χ2v) is 3.47. The van der Waals surface area contributed by atoms with Gasteiger partial charge in [0.25, 0.3) is 0 Å². The van der Waals surface area contributed by atoms with Crippen molar-refractivity contribution in [3.63, 3.8) is 0 Å². The highest BCUT2D eigenvalue weighted by molar-refractivity contribution is 5.43. The summed E-state index contributed by atoms with van der Waals surface area (Å²) in [5.74, 6) is 2.16. The Hall–Kier alpha value is -0.990. The Bertz CT molecular complexity index is 277. The van der Waals surface area contributed by atoms with Crippen molar-refractivity contribution in [2.24, 2.45) is 5.92 Å². The van der Waals surface area contributed by atoms with Crippen LogP contribution in [-0.2, 0) is 0 Å². The molecule has 0 aliphatic heterocycles. The van der Waals surface area contributed by atoms with Gasteiger partial charge < -0.3 is 5.73 Å². The van der Waals surface area contributed by atoms with Crippen LogP contribution in [0.2, 0.25) is 0 Å². The van der Waals surface area contributed by atoms with Crippen LogP contribution in [-0.4, -0.2) is 10.2 Å². The minimum atomic E-state index is 0.652. The highest BCUT2D eigenvalue weighted by Gasteiger charge is 2.36. The van der Waals surface area contributed by atoms with E-state index in [1.807, 2.05) is 6.92 Å². The second-order valence-electron chi connectivity index (χ2n) is 3.47. The number of nitrogens with zero attached hydrogens (tertiary/aromatic N) is 1. The van der Waals surface area contributed by atoms with Crippen molar-refractivity contribution in [2.45, 2.75) is 26.2 Å². The van der Waals surface area contributed by atoms with Gasteiger partial charge in [-0.25, -0.2) is 0 Å². The monoisotopic (exact) mass is 151 g/mol. The molecule has 0 amide bonds. The molecule has 3 nitrogen and oxygen atoms in total. The van der Waals surface area contributed by atoms with Crippen LogP contribution in [0.1, 0.15) is 30.5 Å². The SMILES string of the molecule is Cc1c(N)n[nH]c1C1CC1C. The van der Waals surface area contributed by atoms with Gasteiger partial charge in [0, 0.05) is 17.2 Å². The standard InChI is InChI=1S/C8H13N3/c1-4-3-6(4)7-5(2)8(9)11-10-7/h4,6H,3H2,1-2H3,(H3,9,10,11). The van der Waals surface area contributed by atoms with Crippen LogP contribution in [0, 0.1) is 12.8 Å². The number of nitrogens with two attached hydrogens (primary N) is 1. The van der Waals surface area contributed by atoms with E-state index in [2.05, 4.69) is 17.1 Å². The Morgan fingerprint density at radius 2 is 2.27 bits per heavy atom. The molecule has 1 fully saturated rings. The maximum absolute atomic E-state index is 5.61. The minimum absolute atomic E-state index is 0.652. The lowest BCUT2D eigenvalue weighted by molar-refractivity contribution is 0.867. The second kappa shape index (κ2) is 2.00. The number of nitrogens with one attached hydrogen (secondary N) is 1. The Balaban J connectivity index is 2.31. The zero-order valence-corrected chi connectivity index (χ0v) is 6.89. The Morgan fingerprint density at radius 3 is 2.64 bits per heavy atom. The summed E-state index contributed by atoms with van der Waals surface area (Å²) in [4.78, 5) is 0. The number of hydrogen-bond acceptors (Lipinski definition) is 2. The van der Waals surface area contributed by atoms with Gasteiger partial charge in [-0.3, -0.25) is 5.10 Å². The lowest BCUT2D eigenvalue weighted by atomic mass is 10.1. The smallest absolute Gasteiger partial charge is 0.148 e. The highest BCUT2D eigenvalue weighted by atomic mass is 15.2. The zero-order chi connectivity index (χ0) is 8.01. The molecule has 0 aromatic carbocycles. The fourth-order valence-corrected chi connectivity index (χ4v) is 1.51. The van der Waals surface area contributed by atoms with Gasteiger partial charge in [0.05, 0.1) is 0 Å². The number of aromatic amines is 1. The molecular formula is C8H13N3. The summed E-state index contributed by atoms with van der Waals surface area (Å²) >= 11 is 0. The summed E-state index contributed by atoms with van der Waals surface area (Å²) in [6.07, 6.45) is 1.28. The number of rotatable bonds is 1. The van der Waals surface area contributed by atoms with Gasteiger partial charge in [0.1, 0.15) is 5.82 Å². The van der Waals surface area contributed by atoms with Gasteiger partial charge >= 0.3 is 0 Å². The molecule has 0 bridgehead atoms. The summed E-state index contributed by atoms with van der Waals surface area (Å²) in [5, 5.41) is 6.96. The predicted molar refractivity (Wildman–Crippen MR) is 44.3 cm³/mol. The fraction of sp³-hybridized carbons (Fsp3) is 0.625. The number of aromatic nitrogens is 2. The van der Waals surface area contributed by atoms with Crippen molar-refractivity contribution in [2.75, 3.05) is 5.73 Å². The zero-order valence-electron chi connectivity index (χ0n) is 6.89. The molecule has 1 aliphatic carbocycles. The first-order valence-corrected chi connectivity index (χ1v) is 4.00. The summed E-state index contributed by atoms with van der Waals surface area (Å²) in [7, 11) is 0. The predicted octanol–water partition coefficient (Wildman–Crippen LogP) is 1.42. The number of hydrogen-bond donors (Lipinski definition) is 2. The molecule has 1 aliphatic rings. The Morgan fingerprint density at radius 1 is 1.64 bits per heavy atom. The molecule has 11 heavy (non-hydrogen) atoms. The van der Waals surface area contributed by atoms with Crippen LogP contribution < -0.4 is 5.73 Å². The molecule has 60 valence electrons. The molecule has 2 atom stereocenters. The summed E-state index contributed by atoms with van der Waals surface area (Å²) in [5.41, 5.74) is 7.99. The number of H-pyrrole nitrogens is 1. The van der Waals surface area contributed by atoms with Gasteiger partial charge in [-0.2, -0.15) is 5.10 Å². The van der Waals surface area contributed by atoms with Crippen molar-refractivity contribution in [3.8, 4) is 0 Å². The lowest BCUT2D eigenvalue weighted by Gasteiger charge is -1.93. The van der Waals surface area contributed by atoms with Crippen molar-refractivity contribution >= 4 is 5.82 Å². The molecule has 1 heterocycles. The lowest BCUT2D eigenvalue weighted by Crippen LogP contribution is -1.87. The molecule has 3 heteroatoms. The van der Waals surface area contributed by atoms with Crippen LogP contribution >= 0.6 is 0 Å². The van der Waals surface area contributed by atoms with E-state index in [1.54, 1.807) is 0 Å². The van der Waals surface area contributed by atoms with Crippen LogP contribution in [0.3, 0.4) is 0 Å². The minimum Gasteiger partial charge on any atom is -0.382 e. The highest BCUT2D eigenvalue weighted by Crippen LogP contribution is 2.47. The van der Waals surface area contributed by atoms with E-state index in [1.165, 1.54) is 12.1 Å². The third kappa shape index (κ3) is 0.914. The quantitative estimate of drug-likeness (QED) is 0.637. The van der Waals surface area contributed by atoms with Crippen LogP contribution in [0.25, 0.3) is 0 Å². The molecule has 0 saturated heterocycles. The molecular weight excluding hydrogens is 138 g/mol. The average molecular weight is 151 g/mol. The number of nitrogen functional groups attached to an aromatic ring is 1. The van der Waals surface area contributed by atoms with Crippen molar-refractivity contribution in [3.05, 3.63) is 11.3 Å². The van der Waals surface area contributed by atoms with Gasteiger partial charge in [-0.1, -0.05) is 6.92 Å². The van der Waals surface area contributed by atoms with Crippen LogP contribution in [0.15, 0.2) is 0 Å². The fourth-order valence-electron chi connectivity index (χ4n) is 1.51. The van der Waals surface area contributed by atoms with Crippen molar-refractivity contribution in [1.82, 2.24) is 10.2 Å². The Labute approximate surface area is 66.0 Å². The van der Waals surface area contributed by atoms with Gasteiger partial charge in [-0.15, -0.1) is 0 Å². The first-order valence-electron chi connectivity index (χ1n) is 4.00. The van der Waals surface area contributed by atoms with E-state index >= 15 is 0 Å². The molecule has 0 spiro atoms. The maximum atomic E-state index is 5.61. The molecule has 0 radical (unpaired) electrons. The largest absolute Gasteiger partial charge is 0.382 e. The van der Waals surface area contributed by atoms with E-state index in [-0.39, 0.29) is 0 Å². The van der Waals surface area contributed by atoms with Gasteiger partial charge in [0.2, 0.25) is 0 Å². The molecule has 2 unspecified atom stereocenters. The molecule has 2 rings (SSSR count). The summed E-state index contributed by atoms with van der Waals surface area (Å²) in [6.45, 7) is 4.28. The molecule has 1 saturated carbocycles. The first kappa shape index (κ1) is 6.70. The van der Waals surface area contributed by atoms with Crippen molar-refractivity contribution < 1.29 is 0 Å². The normalized spacial score (nSPS) is 28.9. The topological polar surface area (TPSA) is 54.7 Å². The van der Waals surface area contributed by atoms with Crippen LogP contribution in [0.4, 0.5) is 5.82 Å². The molecule has 1 aromatic rings. The van der Waals surface area contributed by atoms with Gasteiger partial charge in [-0.05, 0) is 19.3 Å². The maximum Gasteiger partial charge on any atom is 0.148 e. The summed E-state index contributed by atoms with van der Waals surface area (Å²) < 4.78 is 0. The molecule has 3 N–H and O–H groups in total. The van der Waals surface area contributed by atoms with Gasteiger partial charge in [0.15, 0.2) is 0 Å². The third-order valence-corrected chi connectivity index (χ3v) is 2.57.